The highest BCUT2D eigenvalue weighted by atomic mass is 16.6. The number of esters is 2. The molecule has 2 bridgehead atoms. The Morgan fingerprint density at radius 3 is 2.52 bits per heavy atom. The van der Waals surface area contributed by atoms with Gasteiger partial charge in [-0.05, 0) is 84.0 Å². The van der Waals surface area contributed by atoms with Crippen molar-refractivity contribution in [1.82, 2.24) is 0 Å². The van der Waals surface area contributed by atoms with Crippen molar-refractivity contribution in [3.63, 3.8) is 0 Å². The van der Waals surface area contributed by atoms with Crippen LogP contribution in [0.5, 0.6) is 0 Å². The van der Waals surface area contributed by atoms with E-state index in [1.165, 1.54) is 12.7 Å². The minimum atomic E-state index is -0.991. The summed E-state index contributed by atoms with van der Waals surface area (Å²) >= 11 is 0. The lowest BCUT2D eigenvalue weighted by atomic mass is 9.38. The van der Waals surface area contributed by atoms with Gasteiger partial charge in [0.1, 0.15) is 11.5 Å². The third kappa shape index (κ3) is 2.77. The number of fused-ring (bicyclic) bond motifs is 3. The van der Waals surface area contributed by atoms with Gasteiger partial charge in [0, 0.05) is 16.4 Å². The molecule has 1 spiro atoms. The average molecular weight is 431 g/mol. The van der Waals surface area contributed by atoms with Crippen molar-refractivity contribution in [2.75, 3.05) is 7.11 Å². The zero-order valence-electron chi connectivity index (χ0n) is 19.8. The number of aliphatic hydroxyl groups is 1. The minimum absolute atomic E-state index is 0.119. The molecule has 0 amide bonds. The zero-order valence-corrected chi connectivity index (χ0v) is 19.8. The Bertz CT molecular complexity index is 845. The zero-order chi connectivity index (χ0) is 22.8. The van der Waals surface area contributed by atoms with E-state index in [0.717, 1.165) is 44.9 Å². The van der Waals surface area contributed by atoms with Crippen LogP contribution in [0.15, 0.2) is 23.8 Å². The maximum absolute atomic E-state index is 13.3. The van der Waals surface area contributed by atoms with Crippen molar-refractivity contribution < 1.29 is 24.2 Å². The van der Waals surface area contributed by atoms with Crippen LogP contribution in [0.4, 0.5) is 0 Å². The number of carbonyl (C=O) groups excluding carboxylic acids is 2. The van der Waals surface area contributed by atoms with Gasteiger partial charge in [-0.25, -0.2) is 4.79 Å². The van der Waals surface area contributed by atoms with Crippen LogP contribution in [0.3, 0.4) is 0 Å². The highest BCUT2D eigenvalue weighted by Gasteiger charge is 2.74. The van der Waals surface area contributed by atoms with E-state index >= 15 is 0 Å². The summed E-state index contributed by atoms with van der Waals surface area (Å²) < 4.78 is 11.2. The molecule has 0 saturated heterocycles. The van der Waals surface area contributed by atoms with Crippen LogP contribution in [0.25, 0.3) is 0 Å². The van der Waals surface area contributed by atoms with Crippen LogP contribution < -0.4 is 0 Å². The van der Waals surface area contributed by atoms with Gasteiger partial charge in [-0.3, -0.25) is 4.79 Å². The average Bonchev–Trinajstić information content (AvgIpc) is 3.02. The molecule has 0 aromatic heterocycles. The summed E-state index contributed by atoms with van der Waals surface area (Å²) in [4.78, 5) is 25.9. The lowest BCUT2D eigenvalue weighted by Gasteiger charge is -2.68. The Balaban J connectivity index is 1.75. The number of hydrogen-bond donors (Lipinski definition) is 1. The number of rotatable bonds is 3. The topological polar surface area (TPSA) is 72.8 Å². The Labute approximate surface area is 186 Å². The van der Waals surface area contributed by atoms with Crippen molar-refractivity contribution >= 4 is 11.9 Å². The summed E-state index contributed by atoms with van der Waals surface area (Å²) in [6, 6.07) is 0. The molecule has 5 heteroatoms. The van der Waals surface area contributed by atoms with Crippen molar-refractivity contribution in [3.8, 4) is 0 Å². The number of ether oxygens (including phenoxy) is 2. The first-order valence-corrected chi connectivity index (χ1v) is 11.8. The molecule has 4 rings (SSSR count). The highest BCUT2D eigenvalue weighted by Crippen LogP contribution is 2.74. The van der Waals surface area contributed by atoms with Crippen molar-refractivity contribution in [2.45, 2.75) is 90.8 Å². The molecule has 7 unspecified atom stereocenters. The largest absolute Gasteiger partial charge is 0.468 e. The molecule has 0 radical (unpaired) electrons. The van der Waals surface area contributed by atoms with Crippen LogP contribution in [0.2, 0.25) is 0 Å². The molecule has 4 fully saturated rings. The second-order valence-corrected chi connectivity index (χ2v) is 11.1. The second kappa shape index (κ2) is 7.19. The molecule has 0 heterocycles. The van der Waals surface area contributed by atoms with Gasteiger partial charge in [-0.15, -0.1) is 0 Å². The van der Waals surface area contributed by atoms with E-state index < -0.39 is 22.5 Å². The van der Waals surface area contributed by atoms with Crippen LogP contribution in [-0.2, 0) is 19.1 Å². The Hall–Kier alpha value is -1.62. The summed E-state index contributed by atoms with van der Waals surface area (Å²) in [6.07, 6.45) is 7.76. The van der Waals surface area contributed by atoms with Gasteiger partial charge in [-0.2, -0.15) is 0 Å². The van der Waals surface area contributed by atoms with Gasteiger partial charge in [0.15, 0.2) is 0 Å². The Kier molecular flexibility index (Phi) is 5.24. The smallest absolute Gasteiger partial charge is 0.333 e. The third-order valence-corrected chi connectivity index (χ3v) is 10.1. The van der Waals surface area contributed by atoms with Crippen LogP contribution >= 0.6 is 0 Å². The first-order valence-electron chi connectivity index (χ1n) is 11.8. The molecule has 0 aromatic rings. The van der Waals surface area contributed by atoms with E-state index in [9.17, 15) is 14.7 Å². The Morgan fingerprint density at radius 2 is 1.87 bits per heavy atom. The van der Waals surface area contributed by atoms with Gasteiger partial charge < -0.3 is 14.6 Å². The molecule has 172 valence electrons. The molecule has 4 aliphatic rings. The van der Waals surface area contributed by atoms with E-state index in [2.05, 4.69) is 13.5 Å². The molecular formula is C26H38O5. The van der Waals surface area contributed by atoms with Crippen LogP contribution in [-0.4, -0.2) is 35.9 Å². The fourth-order valence-electron chi connectivity index (χ4n) is 8.17. The van der Waals surface area contributed by atoms with Gasteiger partial charge in [-0.1, -0.05) is 25.2 Å². The van der Waals surface area contributed by atoms with Gasteiger partial charge >= 0.3 is 11.9 Å². The third-order valence-electron chi connectivity index (χ3n) is 10.1. The summed E-state index contributed by atoms with van der Waals surface area (Å²) in [5, 5.41) is 12.4. The van der Waals surface area contributed by atoms with E-state index in [1.54, 1.807) is 19.9 Å². The van der Waals surface area contributed by atoms with E-state index in [0.29, 0.717) is 17.9 Å². The maximum Gasteiger partial charge on any atom is 0.333 e. The molecule has 4 aliphatic carbocycles. The predicted molar refractivity (Wildman–Crippen MR) is 118 cm³/mol. The number of methoxy groups -OCH3 is 1. The molecule has 4 saturated carbocycles. The molecule has 0 aromatic carbocycles. The van der Waals surface area contributed by atoms with Crippen molar-refractivity contribution in [2.24, 2.45) is 28.1 Å². The van der Waals surface area contributed by atoms with Crippen LogP contribution in [0.1, 0.15) is 79.1 Å². The molecule has 1 N–H and O–H groups in total. The number of allylic oxidation sites excluding steroid dienone is 2. The van der Waals surface area contributed by atoms with Gasteiger partial charge in [0.2, 0.25) is 0 Å². The normalized spacial score (nSPS) is 46.7. The minimum Gasteiger partial charge on any atom is -0.468 e. The van der Waals surface area contributed by atoms with Gasteiger partial charge in [0.05, 0.1) is 12.7 Å². The SMILES string of the molecule is C=C1CC23CCC4C(C)(C(=O)OC)C(OC(=O)C(C)=CC)CCC4(C)C2(O)CCC1C3. The Morgan fingerprint density at radius 1 is 1.16 bits per heavy atom. The first kappa shape index (κ1) is 22.6. The van der Waals surface area contributed by atoms with Crippen LogP contribution in [0, 0.1) is 28.1 Å². The summed E-state index contributed by atoms with van der Waals surface area (Å²) in [7, 11) is 1.40. The maximum atomic E-state index is 13.3. The quantitative estimate of drug-likeness (QED) is 0.398. The fourth-order valence-corrected chi connectivity index (χ4v) is 8.17. The highest BCUT2D eigenvalue weighted by molar-refractivity contribution is 5.88. The predicted octanol–water partition coefficient (Wildman–Crippen LogP) is 4.73. The fraction of sp³-hybridized carbons (Fsp3) is 0.769. The lowest BCUT2D eigenvalue weighted by Crippen LogP contribution is -2.71. The molecule has 7 atom stereocenters. The molecular weight excluding hydrogens is 392 g/mol. The van der Waals surface area contributed by atoms with E-state index in [-0.39, 0.29) is 23.3 Å². The van der Waals surface area contributed by atoms with E-state index in [1.807, 2.05) is 6.92 Å². The summed E-state index contributed by atoms with van der Waals surface area (Å²) in [5.74, 6) is -0.326. The molecule has 0 aliphatic heterocycles. The molecule has 31 heavy (non-hydrogen) atoms. The lowest BCUT2D eigenvalue weighted by molar-refractivity contribution is -0.276. The summed E-state index contributed by atoms with van der Waals surface area (Å²) in [5.41, 5.74) is -0.594. The standard InChI is InChI=1S/C26H38O5/c1-7-16(2)21(27)31-20-10-11-23(4)19(24(20,5)22(28)30-6)9-12-25-14-17(3)18(15-25)8-13-26(23,25)29/h7,18-20,29H,3,8-15H2,1-2,4-6H3. The molecule has 5 nitrogen and oxygen atoms in total. The van der Waals surface area contributed by atoms with Crippen molar-refractivity contribution in [1.29, 1.82) is 0 Å². The van der Waals surface area contributed by atoms with E-state index in [4.69, 9.17) is 9.47 Å². The second-order valence-electron chi connectivity index (χ2n) is 11.1. The van der Waals surface area contributed by atoms with Crippen molar-refractivity contribution in [3.05, 3.63) is 23.8 Å². The monoisotopic (exact) mass is 430 g/mol. The number of hydrogen-bond acceptors (Lipinski definition) is 5. The first-order chi connectivity index (χ1) is 14.5. The van der Waals surface area contributed by atoms with Gasteiger partial charge in [0.25, 0.3) is 0 Å². The summed E-state index contributed by atoms with van der Waals surface area (Å²) in [6.45, 7) is 11.9. The number of carbonyl (C=O) groups is 2.